The molecule has 0 aliphatic carbocycles. The van der Waals surface area contributed by atoms with Crippen LogP contribution < -0.4 is 10.9 Å². The predicted octanol–water partition coefficient (Wildman–Crippen LogP) is -0.0867. The lowest BCUT2D eigenvalue weighted by Gasteiger charge is -2.04. The summed E-state index contributed by atoms with van der Waals surface area (Å²) in [6.07, 6.45) is 0. The van der Waals surface area contributed by atoms with Crippen molar-refractivity contribution in [3.63, 3.8) is 0 Å². The Morgan fingerprint density at radius 3 is 2.62 bits per heavy atom. The summed E-state index contributed by atoms with van der Waals surface area (Å²) >= 11 is 0. The lowest BCUT2D eigenvalue weighted by Crippen LogP contribution is -2.38. The fourth-order valence-corrected chi connectivity index (χ4v) is 0.860. The summed E-state index contributed by atoms with van der Waals surface area (Å²) in [6, 6.07) is 8.87. The number of aliphatic hydroxyl groups excluding tert-OH is 1. The first-order chi connectivity index (χ1) is 6.34. The third-order valence-corrected chi connectivity index (χ3v) is 1.47. The molecule has 0 spiro atoms. The highest BCUT2D eigenvalue weighted by Crippen LogP contribution is 1.96. The highest BCUT2D eigenvalue weighted by molar-refractivity contribution is 5.93. The van der Waals surface area contributed by atoms with Gasteiger partial charge in [-0.3, -0.25) is 10.2 Å². The van der Waals surface area contributed by atoms with Crippen LogP contribution in [0.5, 0.6) is 0 Å². The number of benzene rings is 1. The smallest absolute Gasteiger partial charge is 0.265 e. The van der Waals surface area contributed by atoms with Gasteiger partial charge in [-0.05, 0) is 12.1 Å². The fraction of sp³-hybridized carbons (Fsp3) is 0.222. The molecule has 0 saturated heterocycles. The van der Waals surface area contributed by atoms with Gasteiger partial charge in [0.1, 0.15) is 0 Å². The molecule has 3 N–H and O–H groups in total. The molecule has 4 heteroatoms. The van der Waals surface area contributed by atoms with Gasteiger partial charge in [0.2, 0.25) is 0 Å². The van der Waals surface area contributed by atoms with E-state index in [0.29, 0.717) is 12.1 Å². The van der Waals surface area contributed by atoms with E-state index in [9.17, 15) is 4.79 Å². The van der Waals surface area contributed by atoms with Gasteiger partial charge >= 0.3 is 0 Å². The standard InChI is InChI=1S/C9H12N2O2/c12-7-6-10-11-9(13)8-4-2-1-3-5-8/h1-5,10,12H,6-7H2,(H,11,13). The van der Waals surface area contributed by atoms with Crippen LogP contribution in [0.2, 0.25) is 0 Å². The zero-order chi connectivity index (χ0) is 9.52. The molecule has 0 unspecified atom stereocenters. The molecule has 70 valence electrons. The summed E-state index contributed by atoms with van der Waals surface area (Å²) in [4.78, 5) is 11.3. The summed E-state index contributed by atoms with van der Waals surface area (Å²) in [6.45, 7) is 0.341. The predicted molar refractivity (Wildman–Crippen MR) is 49.0 cm³/mol. The Kier molecular flexibility index (Phi) is 3.95. The minimum absolute atomic E-state index is 0.00489. The number of hydrazine groups is 1. The Balaban J connectivity index is 2.40. The van der Waals surface area contributed by atoms with Crippen LogP contribution in [0, 0.1) is 0 Å². The molecule has 1 rings (SSSR count). The van der Waals surface area contributed by atoms with Gasteiger partial charge in [0.05, 0.1) is 6.61 Å². The van der Waals surface area contributed by atoms with Crippen molar-refractivity contribution in [2.75, 3.05) is 13.2 Å². The van der Waals surface area contributed by atoms with E-state index in [1.165, 1.54) is 0 Å². The summed E-state index contributed by atoms with van der Waals surface area (Å²) < 4.78 is 0. The molecule has 1 aromatic rings. The second kappa shape index (κ2) is 5.29. The monoisotopic (exact) mass is 180 g/mol. The van der Waals surface area contributed by atoms with Gasteiger partial charge in [0.25, 0.3) is 5.91 Å². The summed E-state index contributed by atoms with van der Waals surface area (Å²) in [5, 5.41) is 8.44. The molecule has 0 aliphatic rings. The average molecular weight is 180 g/mol. The summed E-state index contributed by atoms with van der Waals surface area (Å²) in [5.41, 5.74) is 5.63. The first-order valence-corrected chi connectivity index (χ1v) is 4.03. The molecule has 4 nitrogen and oxygen atoms in total. The van der Waals surface area contributed by atoms with Crippen LogP contribution in [0.25, 0.3) is 0 Å². The number of aliphatic hydroxyl groups is 1. The first kappa shape index (κ1) is 9.70. The van der Waals surface area contributed by atoms with Crippen molar-refractivity contribution in [3.05, 3.63) is 35.9 Å². The van der Waals surface area contributed by atoms with Crippen LogP contribution in [0.3, 0.4) is 0 Å². The third-order valence-electron chi connectivity index (χ3n) is 1.47. The van der Waals surface area contributed by atoms with E-state index in [-0.39, 0.29) is 12.5 Å². The van der Waals surface area contributed by atoms with Gasteiger partial charge in [-0.25, -0.2) is 5.43 Å². The second-order valence-corrected chi connectivity index (χ2v) is 2.47. The summed E-state index contributed by atoms with van der Waals surface area (Å²) in [7, 11) is 0. The molecule has 0 heterocycles. The largest absolute Gasteiger partial charge is 0.395 e. The van der Waals surface area contributed by atoms with E-state index in [1.54, 1.807) is 24.3 Å². The second-order valence-electron chi connectivity index (χ2n) is 2.47. The van der Waals surface area contributed by atoms with E-state index in [2.05, 4.69) is 10.9 Å². The van der Waals surface area contributed by atoms with Crippen molar-refractivity contribution in [2.45, 2.75) is 0 Å². The van der Waals surface area contributed by atoms with E-state index >= 15 is 0 Å². The topological polar surface area (TPSA) is 61.4 Å². The SMILES string of the molecule is O=C(NNCCO)c1ccccc1. The van der Waals surface area contributed by atoms with Crippen LogP contribution >= 0.6 is 0 Å². The molecule has 13 heavy (non-hydrogen) atoms. The first-order valence-electron chi connectivity index (χ1n) is 4.03. The lowest BCUT2D eigenvalue weighted by atomic mass is 10.2. The number of amides is 1. The minimum Gasteiger partial charge on any atom is -0.395 e. The van der Waals surface area contributed by atoms with Crippen molar-refractivity contribution < 1.29 is 9.90 Å². The van der Waals surface area contributed by atoms with Crippen LogP contribution in [0.15, 0.2) is 30.3 Å². The zero-order valence-electron chi connectivity index (χ0n) is 7.16. The molecule has 0 fully saturated rings. The molecule has 0 bridgehead atoms. The van der Waals surface area contributed by atoms with Gasteiger partial charge < -0.3 is 5.11 Å². The van der Waals surface area contributed by atoms with Gasteiger partial charge in [-0.15, -0.1) is 0 Å². The van der Waals surface area contributed by atoms with Gasteiger partial charge in [-0.1, -0.05) is 18.2 Å². The van der Waals surface area contributed by atoms with Crippen molar-refractivity contribution in [2.24, 2.45) is 0 Å². The maximum Gasteiger partial charge on any atom is 0.265 e. The highest BCUT2D eigenvalue weighted by Gasteiger charge is 2.01. The van der Waals surface area contributed by atoms with E-state index in [4.69, 9.17) is 5.11 Å². The maximum atomic E-state index is 11.3. The van der Waals surface area contributed by atoms with Gasteiger partial charge in [0, 0.05) is 12.1 Å². The van der Waals surface area contributed by atoms with Crippen molar-refractivity contribution in [1.82, 2.24) is 10.9 Å². The van der Waals surface area contributed by atoms with Crippen molar-refractivity contribution in [1.29, 1.82) is 0 Å². The number of rotatable bonds is 4. The Bertz CT molecular complexity index is 262. The third kappa shape index (κ3) is 3.23. The molecule has 0 atom stereocenters. The van der Waals surface area contributed by atoms with E-state index in [0.717, 1.165) is 0 Å². The number of hydrogen-bond donors (Lipinski definition) is 3. The molecular formula is C9H12N2O2. The van der Waals surface area contributed by atoms with E-state index < -0.39 is 0 Å². The van der Waals surface area contributed by atoms with Crippen LogP contribution in [-0.2, 0) is 0 Å². The minimum atomic E-state index is -0.200. The lowest BCUT2D eigenvalue weighted by molar-refractivity contribution is 0.0930. The molecule has 0 radical (unpaired) electrons. The zero-order valence-corrected chi connectivity index (χ0v) is 7.16. The Labute approximate surface area is 76.6 Å². The highest BCUT2D eigenvalue weighted by atomic mass is 16.3. The molecule has 1 aromatic carbocycles. The number of hydrogen-bond acceptors (Lipinski definition) is 3. The van der Waals surface area contributed by atoms with E-state index in [1.807, 2.05) is 6.07 Å². The Morgan fingerprint density at radius 2 is 2.00 bits per heavy atom. The van der Waals surface area contributed by atoms with Crippen molar-refractivity contribution >= 4 is 5.91 Å². The Hall–Kier alpha value is -1.39. The molecule has 1 amide bonds. The number of carbonyl (C=O) groups excluding carboxylic acids is 1. The average Bonchev–Trinajstić information content (AvgIpc) is 2.19. The molecule has 0 aliphatic heterocycles. The van der Waals surface area contributed by atoms with Crippen molar-refractivity contribution in [3.8, 4) is 0 Å². The number of carbonyl (C=O) groups is 1. The van der Waals surface area contributed by atoms with Crippen LogP contribution in [0.4, 0.5) is 0 Å². The molecular weight excluding hydrogens is 168 g/mol. The molecule has 0 saturated carbocycles. The van der Waals surface area contributed by atoms with Crippen LogP contribution in [-0.4, -0.2) is 24.2 Å². The quantitative estimate of drug-likeness (QED) is 0.448. The number of nitrogens with one attached hydrogen (secondary N) is 2. The van der Waals surface area contributed by atoms with Crippen LogP contribution in [0.1, 0.15) is 10.4 Å². The Morgan fingerprint density at radius 1 is 1.31 bits per heavy atom. The summed E-state index contributed by atoms with van der Waals surface area (Å²) in [5.74, 6) is -0.200. The maximum absolute atomic E-state index is 11.3. The van der Waals surface area contributed by atoms with Gasteiger partial charge in [0.15, 0.2) is 0 Å². The fourth-order valence-electron chi connectivity index (χ4n) is 0.860. The van der Waals surface area contributed by atoms with Gasteiger partial charge in [-0.2, -0.15) is 0 Å². The normalized spacial score (nSPS) is 9.62. The molecule has 0 aromatic heterocycles.